The average Bonchev–Trinajstić information content (AvgIpc) is 2.74. The van der Waals surface area contributed by atoms with Gasteiger partial charge in [0.2, 0.25) is 0 Å². The van der Waals surface area contributed by atoms with Crippen LogP contribution >= 0.6 is 23.2 Å². The van der Waals surface area contributed by atoms with Crippen molar-refractivity contribution in [3.8, 4) is 0 Å². The fraction of sp³-hybridized carbons (Fsp3) is 0.280. The Morgan fingerprint density at radius 1 is 1.03 bits per heavy atom. The average molecular weight is 528 g/mol. The maximum Gasteiger partial charge on any atom is 0.416 e. The molecule has 0 aliphatic rings. The lowest BCUT2D eigenvalue weighted by atomic mass is 9.79. The van der Waals surface area contributed by atoms with Crippen LogP contribution < -0.4 is 10.6 Å². The first kappa shape index (κ1) is 26.8. The van der Waals surface area contributed by atoms with Crippen LogP contribution in [0.2, 0.25) is 10.0 Å². The van der Waals surface area contributed by atoms with Gasteiger partial charge in [-0.05, 0) is 73.9 Å². The van der Waals surface area contributed by atoms with Crippen LogP contribution in [0.5, 0.6) is 0 Å². The van der Waals surface area contributed by atoms with E-state index >= 15 is 0 Å². The molecule has 0 aliphatic heterocycles. The number of carbonyl (C=O) groups excluding carboxylic acids is 1. The standard InChI is InChI=1S/C25H23Cl2F4N3O/c1-14(2)33-23(35)34-24(22-7-6-19(26)13-32-22,12-16-5-4-15(3)8-21(16)27)17-9-18(25(29,30)31)11-20(28)10-17/h4-11,13-14H,12H2,1-3H3,(H2,33,34,35)/t24-/m0/s1. The smallest absolute Gasteiger partial charge is 0.336 e. The van der Waals surface area contributed by atoms with E-state index in [1.54, 1.807) is 32.0 Å². The fourth-order valence-electron chi connectivity index (χ4n) is 3.72. The van der Waals surface area contributed by atoms with Gasteiger partial charge in [0.05, 0.1) is 16.3 Å². The molecule has 0 saturated carbocycles. The lowest BCUT2D eigenvalue weighted by Crippen LogP contribution is -2.53. The summed E-state index contributed by atoms with van der Waals surface area (Å²) in [5, 5.41) is 6.04. The number of halogens is 6. The fourth-order valence-corrected chi connectivity index (χ4v) is 4.14. The molecule has 0 bridgehead atoms. The second-order valence-corrected chi connectivity index (χ2v) is 9.36. The number of urea groups is 1. The molecule has 2 aromatic carbocycles. The first-order valence-electron chi connectivity index (χ1n) is 10.6. The molecule has 0 unspecified atom stereocenters. The van der Waals surface area contributed by atoms with Crippen LogP contribution in [0, 0.1) is 12.7 Å². The van der Waals surface area contributed by atoms with Gasteiger partial charge in [0.25, 0.3) is 0 Å². The number of benzene rings is 2. The minimum Gasteiger partial charge on any atom is -0.336 e. The van der Waals surface area contributed by atoms with Crippen molar-refractivity contribution in [2.45, 2.75) is 44.9 Å². The van der Waals surface area contributed by atoms with Gasteiger partial charge in [-0.3, -0.25) is 4.98 Å². The van der Waals surface area contributed by atoms with Crippen molar-refractivity contribution in [3.05, 3.63) is 98.5 Å². The highest BCUT2D eigenvalue weighted by molar-refractivity contribution is 6.31. The zero-order valence-corrected chi connectivity index (χ0v) is 20.6. The Morgan fingerprint density at radius 3 is 2.29 bits per heavy atom. The quantitative estimate of drug-likeness (QED) is 0.337. The van der Waals surface area contributed by atoms with E-state index in [4.69, 9.17) is 23.2 Å². The SMILES string of the molecule is Cc1ccc(C[C@](NC(=O)NC(C)C)(c2cc(F)cc(C(F)(F)F)c2)c2ccc(Cl)cn2)c(Cl)c1. The lowest BCUT2D eigenvalue weighted by molar-refractivity contribution is -0.137. The number of nitrogens with zero attached hydrogens (tertiary/aromatic N) is 1. The van der Waals surface area contributed by atoms with E-state index in [0.717, 1.165) is 17.7 Å². The third-order valence-corrected chi connectivity index (χ3v) is 5.87. The van der Waals surface area contributed by atoms with Crippen LogP contribution in [-0.4, -0.2) is 17.1 Å². The highest BCUT2D eigenvalue weighted by Gasteiger charge is 2.41. The number of pyridine rings is 1. The molecular weight excluding hydrogens is 505 g/mol. The number of alkyl halides is 3. The first-order chi connectivity index (χ1) is 16.3. The van der Waals surface area contributed by atoms with Crippen molar-refractivity contribution in [1.29, 1.82) is 0 Å². The summed E-state index contributed by atoms with van der Waals surface area (Å²) in [7, 11) is 0. The van der Waals surface area contributed by atoms with Crippen LogP contribution in [0.1, 0.15) is 41.8 Å². The number of aryl methyl sites for hydroxylation is 1. The molecule has 35 heavy (non-hydrogen) atoms. The number of amides is 2. The van der Waals surface area contributed by atoms with Gasteiger partial charge in [-0.2, -0.15) is 13.2 Å². The molecule has 2 amide bonds. The number of hydrogen-bond acceptors (Lipinski definition) is 2. The highest BCUT2D eigenvalue weighted by Crippen LogP contribution is 2.39. The molecule has 1 atom stereocenters. The predicted molar refractivity (Wildman–Crippen MR) is 128 cm³/mol. The zero-order chi connectivity index (χ0) is 26.0. The van der Waals surface area contributed by atoms with Crippen molar-refractivity contribution >= 4 is 29.2 Å². The van der Waals surface area contributed by atoms with E-state index in [-0.39, 0.29) is 28.7 Å². The van der Waals surface area contributed by atoms with Gasteiger partial charge in [-0.1, -0.05) is 35.3 Å². The highest BCUT2D eigenvalue weighted by atomic mass is 35.5. The Kier molecular flexibility index (Phi) is 7.97. The summed E-state index contributed by atoms with van der Waals surface area (Å²) < 4.78 is 55.5. The van der Waals surface area contributed by atoms with Crippen LogP contribution in [-0.2, 0) is 18.1 Å². The van der Waals surface area contributed by atoms with Crippen molar-refractivity contribution in [3.63, 3.8) is 0 Å². The minimum atomic E-state index is -4.82. The predicted octanol–water partition coefficient (Wildman–Crippen LogP) is 7.05. The topological polar surface area (TPSA) is 54.0 Å². The van der Waals surface area contributed by atoms with Crippen LogP contribution in [0.3, 0.4) is 0 Å². The molecule has 4 nitrogen and oxygen atoms in total. The maximum absolute atomic E-state index is 14.6. The van der Waals surface area contributed by atoms with Crippen molar-refractivity contribution in [2.24, 2.45) is 0 Å². The van der Waals surface area contributed by atoms with E-state index in [1.807, 2.05) is 6.92 Å². The number of hydrogen-bond donors (Lipinski definition) is 2. The van der Waals surface area contributed by atoms with Gasteiger partial charge >= 0.3 is 12.2 Å². The summed E-state index contributed by atoms with van der Waals surface area (Å²) in [6.07, 6.45) is -3.64. The second kappa shape index (κ2) is 10.4. The van der Waals surface area contributed by atoms with Crippen molar-refractivity contribution < 1.29 is 22.4 Å². The van der Waals surface area contributed by atoms with Gasteiger partial charge in [0, 0.05) is 23.7 Å². The summed E-state index contributed by atoms with van der Waals surface area (Å²) in [5.41, 5.74) is -1.57. The molecule has 2 N–H and O–H groups in total. The molecule has 0 radical (unpaired) electrons. The minimum absolute atomic E-state index is 0.118. The van der Waals surface area contributed by atoms with Crippen molar-refractivity contribution in [2.75, 3.05) is 0 Å². The normalized spacial score (nSPS) is 13.4. The summed E-state index contributed by atoms with van der Waals surface area (Å²) in [5.74, 6) is -1.12. The molecule has 0 aliphatic carbocycles. The molecule has 3 rings (SSSR count). The molecule has 0 saturated heterocycles. The molecule has 0 spiro atoms. The monoisotopic (exact) mass is 527 g/mol. The Bertz CT molecular complexity index is 1220. The van der Waals surface area contributed by atoms with E-state index in [9.17, 15) is 22.4 Å². The van der Waals surface area contributed by atoms with E-state index in [1.165, 1.54) is 18.3 Å². The zero-order valence-electron chi connectivity index (χ0n) is 19.1. The van der Waals surface area contributed by atoms with Crippen LogP contribution in [0.25, 0.3) is 0 Å². The van der Waals surface area contributed by atoms with Gasteiger partial charge in [0.1, 0.15) is 11.4 Å². The Balaban J connectivity index is 2.33. The lowest BCUT2D eigenvalue weighted by Gasteiger charge is -2.36. The Hall–Kier alpha value is -2.84. The van der Waals surface area contributed by atoms with Crippen LogP contribution in [0.15, 0.2) is 54.7 Å². The first-order valence-corrected chi connectivity index (χ1v) is 11.4. The molecule has 10 heteroatoms. The van der Waals surface area contributed by atoms with Crippen LogP contribution in [0.4, 0.5) is 22.4 Å². The Morgan fingerprint density at radius 2 is 1.71 bits per heavy atom. The summed E-state index contributed by atoms with van der Waals surface area (Å²) >= 11 is 12.5. The van der Waals surface area contributed by atoms with E-state index in [2.05, 4.69) is 15.6 Å². The number of aromatic nitrogens is 1. The summed E-state index contributed by atoms with van der Waals surface area (Å²) in [6.45, 7) is 5.28. The molecule has 186 valence electrons. The molecule has 3 aromatic rings. The summed E-state index contributed by atoms with van der Waals surface area (Å²) in [6, 6.07) is 9.32. The maximum atomic E-state index is 14.6. The van der Waals surface area contributed by atoms with Gasteiger partial charge in [-0.25, -0.2) is 9.18 Å². The summed E-state index contributed by atoms with van der Waals surface area (Å²) in [4.78, 5) is 17.3. The van der Waals surface area contributed by atoms with Gasteiger partial charge in [0.15, 0.2) is 0 Å². The molecular formula is C25H23Cl2F4N3O. The second-order valence-electron chi connectivity index (χ2n) is 8.52. The van der Waals surface area contributed by atoms with Gasteiger partial charge < -0.3 is 10.6 Å². The Labute approximate surface area is 210 Å². The van der Waals surface area contributed by atoms with E-state index in [0.29, 0.717) is 16.7 Å². The van der Waals surface area contributed by atoms with Gasteiger partial charge in [-0.15, -0.1) is 0 Å². The van der Waals surface area contributed by atoms with E-state index < -0.39 is 29.1 Å². The van der Waals surface area contributed by atoms with Crippen molar-refractivity contribution in [1.82, 2.24) is 15.6 Å². The number of rotatable bonds is 6. The molecule has 0 fully saturated rings. The third-order valence-electron chi connectivity index (χ3n) is 5.29. The number of carbonyl (C=O) groups is 1. The molecule has 1 heterocycles. The molecule has 1 aromatic heterocycles. The third kappa shape index (κ3) is 6.44. The number of nitrogens with one attached hydrogen (secondary N) is 2. The largest absolute Gasteiger partial charge is 0.416 e.